The highest BCUT2D eigenvalue weighted by atomic mass is 32.1. The van der Waals surface area contributed by atoms with Crippen molar-refractivity contribution in [2.45, 2.75) is 20.3 Å². The van der Waals surface area contributed by atoms with Crippen molar-refractivity contribution in [2.75, 3.05) is 0 Å². The van der Waals surface area contributed by atoms with Crippen LogP contribution >= 0.6 is 12.2 Å². The average molecular weight is 214 g/mol. The van der Waals surface area contributed by atoms with E-state index in [0.717, 1.165) is 5.69 Å². The fourth-order valence-corrected chi connectivity index (χ4v) is 1.57. The van der Waals surface area contributed by atoms with Crippen molar-refractivity contribution in [3.63, 3.8) is 0 Å². The smallest absolute Gasteiger partial charge is 0.354 e. The number of carbonyl (C=O) groups is 1. The molecule has 1 rings (SSSR count). The fraction of sp³-hybridized carbons (Fsp3) is 0.556. The maximum atomic E-state index is 10.9. The van der Waals surface area contributed by atoms with E-state index in [9.17, 15) is 4.79 Å². The summed E-state index contributed by atoms with van der Waals surface area (Å²) in [5.74, 6) is -0.545. The molecule has 0 atom stereocenters. The first-order chi connectivity index (χ1) is 6.43. The molecule has 1 heterocycles. The van der Waals surface area contributed by atoms with Crippen LogP contribution in [0.15, 0.2) is 0 Å². The SMILES string of the molecule is CC(C)Cc1c(C(=O)O)[nH]c(=S)n1C. The molecule has 0 saturated heterocycles. The van der Waals surface area contributed by atoms with Crippen molar-refractivity contribution in [3.8, 4) is 0 Å². The Morgan fingerprint density at radius 1 is 1.64 bits per heavy atom. The van der Waals surface area contributed by atoms with Crippen molar-refractivity contribution in [1.82, 2.24) is 9.55 Å². The first-order valence-corrected chi connectivity index (χ1v) is 4.85. The van der Waals surface area contributed by atoms with Gasteiger partial charge in [-0.15, -0.1) is 0 Å². The van der Waals surface area contributed by atoms with E-state index >= 15 is 0 Å². The van der Waals surface area contributed by atoms with E-state index < -0.39 is 5.97 Å². The van der Waals surface area contributed by atoms with E-state index in [1.165, 1.54) is 0 Å². The van der Waals surface area contributed by atoms with Gasteiger partial charge >= 0.3 is 5.97 Å². The third-order valence-electron chi connectivity index (χ3n) is 2.05. The van der Waals surface area contributed by atoms with Gasteiger partial charge in [-0.25, -0.2) is 4.79 Å². The standard InChI is InChI=1S/C9H14N2O2S/c1-5(2)4-6-7(8(12)13)10-9(14)11(6)3/h5H,4H2,1-3H3,(H,10,14)(H,12,13). The number of nitrogens with zero attached hydrogens (tertiary/aromatic N) is 1. The molecular formula is C9H14N2O2S. The highest BCUT2D eigenvalue weighted by Crippen LogP contribution is 2.13. The Hall–Kier alpha value is -1.10. The maximum absolute atomic E-state index is 10.9. The Morgan fingerprint density at radius 2 is 2.21 bits per heavy atom. The predicted octanol–water partition coefficient (Wildman–Crippen LogP) is 1.98. The van der Waals surface area contributed by atoms with Gasteiger partial charge in [-0.1, -0.05) is 13.8 Å². The Labute approximate surface area is 87.6 Å². The van der Waals surface area contributed by atoms with Gasteiger partial charge < -0.3 is 14.7 Å². The number of aromatic amines is 1. The summed E-state index contributed by atoms with van der Waals surface area (Å²) in [5.41, 5.74) is 0.976. The Kier molecular flexibility index (Phi) is 3.10. The summed E-state index contributed by atoms with van der Waals surface area (Å²) in [4.78, 5) is 13.6. The van der Waals surface area contributed by atoms with Crippen LogP contribution in [-0.2, 0) is 13.5 Å². The van der Waals surface area contributed by atoms with Crippen LogP contribution in [0.2, 0.25) is 0 Å². The molecule has 14 heavy (non-hydrogen) atoms. The quantitative estimate of drug-likeness (QED) is 0.756. The normalized spacial score (nSPS) is 10.9. The molecule has 0 saturated carbocycles. The summed E-state index contributed by atoms with van der Waals surface area (Å²) < 4.78 is 2.18. The summed E-state index contributed by atoms with van der Waals surface area (Å²) in [6, 6.07) is 0. The summed E-state index contributed by atoms with van der Waals surface area (Å²) in [6.45, 7) is 4.09. The molecule has 0 aliphatic heterocycles. The lowest BCUT2D eigenvalue weighted by Crippen LogP contribution is -2.08. The predicted molar refractivity (Wildman–Crippen MR) is 56.1 cm³/mol. The summed E-state index contributed by atoms with van der Waals surface area (Å²) in [7, 11) is 1.78. The molecule has 0 radical (unpaired) electrons. The highest BCUT2D eigenvalue weighted by Gasteiger charge is 2.16. The molecule has 1 aromatic heterocycles. The molecular weight excluding hydrogens is 200 g/mol. The number of aromatic carboxylic acids is 1. The molecule has 0 bridgehead atoms. The average Bonchev–Trinajstić information content (AvgIpc) is 2.32. The van der Waals surface area contributed by atoms with Gasteiger partial charge in [-0.3, -0.25) is 0 Å². The van der Waals surface area contributed by atoms with Crippen molar-refractivity contribution in [2.24, 2.45) is 13.0 Å². The van der Waals surface area contributed by atoms with Crippen LogP contribution in [0, 0.1) is 10.7 Å². The summed E-state index contributed by atoms with van der Waals surface area (Å²) in [6.07, 6.45) is 0.714. The van der Waals surface area contributed by atoms with E-state index in [-0.39, 0.29) is 5.69 Å². The van der Waals surface area contributed by atoms with E-state index in [2.05, 4.69) is 4.98 Å². The third-order valence-corrected chi connectivity index (χ3v) is 2.42. The molecule has 2 N–H and O–H groups in total. The Bertz CT molecular complexity index is 403. The van der Waals surface area contributed by atoms with Crippen LogP contribution in [0.5, 0.6) is 0 Å². The molecule has 0 aliphatic carbocycles. The Balaban J connectivity index is 3.23. The lowest BCUT2D eigenvalue weighted by Gasteiger charge is -2.06. The molecule has 1 aromatic rings. The van der Waals surface area contributed by atoms with Gasteiger partial charge in [0.15, 0.2) is 4.77 Å². The first-order valence-electron chi connectivity index (χ1n) is 4.44. The number of H-pyrrole nitrogens is 1. The van der Waals surface area contributed by atoms with Gasteiger partial charge in [-0.2, -0.15) is 0 Å². The van der Waals surface area contributed by atoms with Gasteiger partial charge in [0.25, 0.3) is 0 Å². The monoisotopic (exact) mass is 214 g/mol. The fourth-order valence-electron chi connectivity index (χ4n) is 1.36. The number of hydrogen-bond acceptors (Lipinski definition) is 2. The second-order valence-electron chi connectivity index (χ2n) is 3.71. The maximum Gasteiger partial charge on any atom is 0.354 e. The Morgan fingerprint density at radius 3 is 2.64 bits per heavy atom. The minimum absolute atomic E-state index is 0.214. The summed E-state index contributed by atoms with van der Waals surface area (Å²) >= 11 is 4.98. The number of nitrogens with one attached hydrogen (secondary N) is 1. The number of rotatable bonds is 3. The van der Waals surface area contributed by atoms with Gasteiger partial charge in [0.05, 0.1) is 5.69 Å². The second kappa shape index (κ2) is 3.96. The van der Waals surface area contributed by atoms with Crippen molar-refractivity contribution in [1.29, 1.82) is 0 Å². The summed E-state index contributed by atoms with van der Waals surface area (Å²) in [5, 5.41) is 8.93. The lowest BCUT2D eigenvalue weighted by atomic mass is 10.1. The minimum atomic E-state index is -0.952. The minimum Gasteiger partial charge on any atom is -0.477 e. The molecule has 0 aromatic carbocycles. The van der Waals surface area contributed by atoms with Crippen LogP contribution in [0.4, 0.5) is 0 Å². The van der Waals surface area contributed by atoms with E-state index in [4.69, 9.17) is 17.3 Å². The van der Waals surface area contributed by atoms with Crippen LogP contribution in [0.25, 0.3) is 0 Å². The molecule has 5 heteroatoms. The molecule has 0 fully saturated rings. The molecule has 0 unspecified atom stereocenters. The largest absolute Gasteiger partial charge is 0.477 e. The second-order valence-corrected chi connectivity index (χ2v) is 4.10. The van der Waals surface area contributed by atoms with Gasteiger partial charge in [0.1, 0.15) is 5.69 Å². The number of aromatic nitrogens is 2. The zero-order valence-electron chi connectivity index (χ0n) is 8.50. The van der Waals surface area contributed by atoms with Gasteiger partial charge in [0, 0.05) is 7.05 Å². The molecule has 4 nitrogen and oxygen atoms in total. The molecule has 0 amide bonds. The molecule has 78 valence electrons. The topological polar surface area (TPSA) is 58.0 Å². The van der Waals surface area contributed by atoms with Crippen LogP contribution in [0.3, 0.4) is 0 Å². The van der Waals surface area contributed by atoms with E-state index in [1.807, 2.05) is 13.8 Å². The van der Waals surface area contributed by atoms with Crippen molar-refractivity contribution < 1.29 is 9.90 Å². The van der Waals surface area contributed by atoms with Crippen LogP contribution in [-0.4, -0.2) is 20.6 Å². The van der Waals surface area contributed by atoms with Crippen molar-refractivity contribution >= 4 is 18.2 Å². The zero-order chi connectivity index (χ0) is 10.9. The van der Waals surface area contributed by atoms with Crippen LogP contribution in [0.1, 0.15) is 30.0 Å². The number of imidazole rings is 1. The zero-order valence-corrected chi connectivity index (χ0v) is 9.31. The van der Waals surface area contributed by atoms with Crippen molar-refractivity contribution in [3.05, 3.63) is 16.2 Å². The van der Waals surface area contributed by atoms with E-state index in [1.54, 1.807) is 11.6 Å². The molecule has 0 spiro atoms. The first kappa shape index (κ1) is 11.0. The highest BCUT2D eigenvalue weighted by molar-refractivity contribution is 7.71. The van der Waals surface area contributed by atoms with Crippen LogP contribution < -0.4 is 0 Å². The number of carboxylic acid groups (broad SMARTS) is 1. The third kappa shape index (κ3) is 2.04. The number of carboxylic acids is 1. The number of hydrogen-bond donors (Lipinski definition) is 2. The van der Waals surface area contributed by atoms with Gasteiger partial charge in [-0.05, 0) is 24.6 Å². The molecule has 0 aliphatic rings. The van der Waals surface area contributed by atoms with Gasteiger partial charge in [0.2, 0.25) is 0 Å². The van der Waals surface area contributed by atoms with E-state index in [0.29, 0.717) is 17.1 Å². The lowest BCUT2D eigenvalue weighted by molar-refractivity contribution is 0.0689.